The molecule has 0 bridgehead atoms. The first-order valence-corrected chi connectivity index (χ1v) is 6.10. The lowest BCUT2D eigenvalue weighted by Gasteiger charge is -2.13. The van der Waals surface area contributed by atoms with Gasteiger partial charge in [-0.15, -0.1) is 0 Å². The van der Waals surface area contributed by atoms with Crippen LogP contribution in [0.2, 0.25) is 5.02 Å². The second-order valence-electron chi connectivity index (χ2n) is 3.83. The van der Waals surface area contributed by atoms with E-state index in [1.807, 2.05) is 42.5 Å². The third-order valence-corrected chi connectivity index (χ3v) is 2.79. The molecule has 2 aromatic rings. The van der Waals surface area contributed by atoms with Gasteiger partial charge in [0.25, 0.3) is 0 Å². The normalized spacial score (nSPS) is 9.84. The third kappa shape index (κ3) is 3.45. The second-order valence-corrected chi connectivity index (χ2v) is 4.27. The highest BCUT2D eigenvalue weighted by Crippen LogP contribution is 2.29. The maximum Gasteiger partial charge on any atom is 0.162 e. The lowest BCUT2D eigenvalue weighted by atomic mass is 10.3. The topological polar surface area (TPSA) is 42.5 Å². The van der Waals surface area contributed by atoms with Crippen molar-refractivity contribution >= 4 is 23.0 Å². The van der Waals surface area contributed by atoms with E-state index in [-0.39, 0.29) is 0 Å². The first-order chi connectivity index (χ1) is 9.22. The lowest BCUT2D eigenvalue weighted by Crippen LogP contribution is -2.08. The maximum absolute atomic E-state index is 5.91. The SMILES string of the molecule is COc1ccc(NNc2cccc(Cl)c2)cc1OC. The zero-order valence-corrected chi connectivity index (χ0v) is 11.5. The Morgan fingerprint density at radius 3 is 2.16 bits per heavy atom. The van der Waals surface area contributed by atoms with E-state index < -0.39 is 0 Å². The molecule has 0 saturated carbocycles. The monoisotopic (exact) mass is 278 g/mol. The molecule has 0 fully saturated rings. The van der Waals surface area contributed by atoms with Gasteiger partial charge < -0.3 is 20.3 Å². The Hall–Kier alpha value is -2.07. The van der Waals surface area contributed by atoms with Crippen LogP contribution in [0, 0.1) is 0 Å². The third-order valence-electron chi connectivity index (χ3n) is 2.56. The van der Waals surface area contributed by atoms with Crippen LogP contribution in [0.15, 0.2) is 42.5 Å². The molecular weight excluding hydrogens is 264 g/mol. The number of halogens is 1. The van der Waals surface area contributed by atoms with Crippen molar-refractivity contribution in [3.63, 3.8) is 0 Å². The minimum atomic E-state index is 0.667. The number of rotatable bonds is 5. The number of hydrazine groups is 1. The smallest absolute Gasteiger partial charge is 0.162 e. The van der Waals surface area contributed by atoms with Gasteiger partial charge in [-0.3, -0.25) is 0 Å². The Labute approximate surface area is 117 Å². The minimum Gasteiger partial charge on any atom is -0.493 e. The van der Waals surface area contributed by atoms with Crippen LogP contribution in [-0.4, -0.2) is 14.2 Å². The summed E-state index contributed by atoms with van der Waals surface area (Å²) in [6.45, 7) is 0. The fraction of sp³-hybridized carbons (Fsp3) is 0.143. The Kier molecular flexibility index (Phi) is 4.36. The van der Waals surface area contributed by atoms with Crippen molar-refractivity contribution in [1.29, 1.82) is 0 Å². The molecule has 4 nitrogen and oxygen atoms in total. The average molecular weight is 279 g/mol. The number of ether oxygens (including phenoxy) is 2. The van der Waals surface area contributed by atoms with Crippen molar-refractivity contribution in [3.8, 4) is 11.5 Å². The molecule has 0 aliphatic rings. The van der Waals surface area contributed by atoms with E-state index in [2.05, 4.69) is 10.9 Å². The van der Waals surface area contributed by atoms with Crippen molar-refractivity contribution in [2.45, 2.75) is 0 Å². The molecular formula is C14H15ClN2O2. The van der Waals surface area contributed by atoms with Gasteiger partial charge in [0.2, 0.25) is 0 Å². The van der Waals surface area contributed by atoms with Gasteiger partial charge >= 0.3 is 0 Å². The summed E-state index contributed by atoms with van der Waals surface area (Å²) in [6.07, 6.45) is 0. The van der Waals surface area contributed by atoms with Crippen molar-refractivity contribution in [3.05, 3.63) is 47.5 Å². The minimum absolute atomic E-state index is 0.667. The molecule has 0 saturated heterocycles. The molecule has 0 radical (unpaired) electrons. The number of methoxy groups -OCH3 is 2. The molecule has 19 heavy (non-hydrogen) atoms. The summed E-state index contributed by atoms with van der Waals surface area (Å²) in [5.41, 5.74) is 7.87. The molecule has 0 spiro atoms. The first-order valence-electron chi connectivity index (χ1n) is 5.72. The standard InChI is InChI=1S/C14H15ClN2O2/c1-18-13-7-6-12(9-14(13)19-2)17-16-11-5-3-4-10(15)8-11/h3-9,16-17H,1-2H3. The van der Waals surface area contributed by atoms with Gasteiger partial charge in [0.05, 0.1) is 25.6 Å². The van der Waals surface area contributed by atoms with Crippen molar-refractivity contribution < 1.29 is 9.47 Å². The second kappa shape index (κ2) is 6.20. The summed E-state index contributed by atoms with van der Waals surface area (Å²) >= 11 is 5.91. The van der Waals surface area contributed by atoms with Crippen molar-refractivity contribution in [1.82, 2.24) is 0 Å². The van der Waals surface area contributed by atoms with Gasteiger partial charge in [-0.2, -0.15) is 0 Å². The van der Waals surface area contributed by atoms with Crippen LogP contribution in [0.5, 0.6) is 11.5 Å². The summed E-state index contributed by atoms with van der Waals surface area (Å²) in [7, 11) is 3.21. The molecule has 0 aliphatic carbocycles. The van der Waals surface area contributed by atoms with Crippen molar-refractivity contribution in [2.75, 3.05) is 25.1 Å². The fourth-order valence-corrected chi connectivity index (χ4v) is 1.81. The van der Waals surface area contributed by atoms with Crippen LogP contribution in [0.3, 0.4) is 0 Å². The molecule has 0 unspecified atom stereocenters. The number of benzene rings is 2. The van der Waals surface area contributed by atoms with Crippen LogP contribution in [0.25, 0.3) is 0 Å². The van der Waals surface area contributed by atoms with Crippen LogP contribution < -0.4 is 20.3 Å². The van der Waals surface area contributed by atoms with Gasteiger partial charge in [-0.1, -0.05) is 17.7 Å². The summed E-state index contributed by atoms with van der Waals surface area (Å²) in [5, 5.41) is 0.680. The van der Waals surface area contributed by atoms with E-state index in [0.29, 0.717) is 16.5 Å². The van der Waals surface area contributed by atoms with Gasteiger partial charge in [0.1, 0.15) is 0 Å². The predicted octanol–water partition coefficient (Wildman–Crippen LogP) is 3.80. The molecule has 0 amide bonds. The molecule has 2 N–H and O–H groups in total. The van der Waals surface area contributed by atoms with E-state index in [1.54, 1.807) is 14.2 Å². The highest BCUT2D eigenvalue weighted by atomic mass is 35.5. The quantitative estimate of drug-likeness (QED) is 0.817. The zero-order chi connectivity index (χ0) is 13.7. The molecule has 0 aromatic heterocycles. The van der Waals surface area contributed by atoms with Gasteiger partial charge in [0.15, 0.2) is 11.5 Å². The maximum atomic E-state index is 5.91. The Morgan fingerprint density at radius 1 is 0.842 bits per heavy atom. The van der Waals surface area contributed by atoms with Crippen LogP contribution >= 0.6 is 11.6 Å². The Morgan fingerprint density at radius 2 is 1.53 bits per heavy atom. The zero-order valence-electron chi connectivity index (χ0n) is 10.7. The Balaban J connectivity index is 2.07. The van der Waals surface area contributed by atoms with Crippen molar-refractivity contribution in [2.24, 2.45) is 0 Å². The summed E-state index contributed by atoms with van der Waals surface area (Å²) < 4.78 is 10.4. The number of nitrogens with one attached hydrogen (secondary N) is 2. The lowest BCUT2D eigenvalue weighted by molar-refractivity contribution is 0.355. The number of hydrogen-bond acceptors (Lipinski definition) is 4. The summed E-state index contributed by atoms with van der Waals surface area (Å²) in [5.74, 6) is 1.36. The molecule has 0 heterocycles. The highest BCUT2D eigenvalue weighted by molar-refractivity contribution is 6.30. The van der Waals surface area contributed by atoms with Gasteiger partial charge in [-0.05, 0) is 30.3 Å². The average Bonchev–Trinajstić information content (AvgIpc) is 2.45. The number of hydrogen-bond donors (Lipinski definition) is 2. The van der Waals surface area contributed by atoms with E-state index in [0.717, 1.165) is 11.4 Å². The van der Waals surface area contributed by atoms with Gasteiger partial charge in [0, 0.05) is 11.1 Å². The van der Waals surface area contributed by atoms with E-state index in [9.17, 15) is 0 Å². The molecule has 2 aromatic carbocycles. The Bertz CT molecular complexity index is 561. The summed E-state index contributed by atoms with van der Waals surface area (Å²) in [6, 6.07) is 13.0. The molecule has 0 atom stereocenters. The molecule has 100 valence electrons. The molecule has 0 aliphatic heterocycles. The highest BCUT2D eigenvalue weighted by Gasteiger charge is 2.04. The first kappa shape index (κ1) is 13.4. The fourth-order valence-electron chi connectivity index (χ4n) is 1.62. The summed E-state index contributed by atoms with van der Waals surface area (Å²) in [4.78, 5) is 0. The van der Waals surface area contributed by atoms with Gasteiger partial charge in [-0.25, -0.2) is 0 Å². The molecule has 5 heteroatoms. The van der Waals surface area contributed by atoms with E-state index in [1.165, 1.54) is 0 Å². The number of anilines is 2. The van der Waals surface area contributed by atoms with Crippen LogP contribution in [-0.2, 0) is 0 Å². The largest absolute Gasteiger partial charge is 0.493 e. The molecule has 2 rings (SSSR count). The predicted molar refractivity (Wildman–Crippen MR) is 78.2 cm³/mol. The van der Waals surface area contributed by atoms with Crippen LogP contribution in [0.4, 0.5) is 11.4 Å². The van der Waals surface area contributed by atoms with E-state index in [4.69, 9.17) is 21.1 Å². The van der Waals surface area contributed by atoms with Crippen LogP contribution in [0.1, 0.15) is 0 Å². The van der Waals surface area contributed by atoms with E-state index >= 15 is 0 Å².